The van der Waals surface area contributed by atoms with Crippen LogP contribution >= 0.6 is 38.9 Å². The number of hydrogen-bond donors (Lipinski definition) is 1. The van der Waals surface area contributed by atoms with E-state index >= 15 is 0 Å². The first-order valence-electron chi connectivity index (χ1n) is 4.95. The topological polar surface area (TPSA) is 26.0 Å². The van der Waals surface area contributed by atoms with Crippen LogP contribution in [0.5, 0.6) is 0 Å². The summed E-state index contributed by atoms with van der Waals surface area (Å²) >= 11 is 10.8. The molecule has 1 nitrogen and oxygen atoms in total. The molecular weight excluding hydrogens is 325 g/mol. The summed E-state index contributed by atoms with van der Waals surface area (Å²) in [7, 11) is 0. The highest BCUT2D eigenvalue weighted by molar-refractivity contribution is 9.11. The van der Waals surface area contributed by atoms with Crippen molar-refractivity contribution in [2.45, 2.75) is 13.0 Å². The molecule has 0 aliphatic rings. The Kier molecular flexibility index (Phi) is 3.88. The van der Waals surface area contributed by atoms with Crippen LogP contribution < -0.4 is 5.73 Å². The Morgan fingerprint density at radius 3 is 2.59 bits per heavy atom. The lowest BCUT2D eigenvalue weighted by Crippen LogP contribution is -2.10. The van der Waals surface area contributed by atoms with E-state index in [0.717, 1.165) is 19.8 Å². The minimum Gasteiger partial charge on any atom is -0.320 e. The van der Waals surface area contributed by atoms with E-state index in [1.54, 1.807) is 6.07 Å². The maximum Gasteiger partial charge on any atom is 0.123 e. The zero-order valence-corrected chi connectivity index (χ0v) is 12.2. The molecule has 0 radical (unpaired) electrons. The molecular formula is C12H10BrClFNS. The molecule has 1 heterocycles. The van der Waals surface area contributed by atoms with Gasteiger partial charge >= 0.3 is 0 Å². The zero-order chi connectivity index (χ0) is 12.6. The van der Waals surface area contributed by atoms with Gasteiger partial charge < -0.3 is 5.73 Å². The predicted molar refractivity (Wildman–Crippen MR) is 74.2 cm³/mol. The average Bonchev–Trinajstić information content (AvgIpc) is 2.57. The summed E-state index contributed by atoms with van der Waals surface area (Å²) in [6.45, 7) is 1.84. The summed E-state index contributed by atoms with van der Waals surface area (Å²) in [5.41, 5.74) is 7.72. The summed E-state index contributed by atoms with van der Waals surface area (Å²) in [4.78, 5) is 0.909. The molecule has 0 saturated heterocycles. The van der Waals surface area contributed by atoms with Crippen molar-refractivity contribution in [1.82, 2.24) is 0 Å². The third kappa shape index (κ3) is 2.88. The third-order valence-electron chi connectivity index (χ3n) is 2.39. The lowest BCUT2D eigenvalue weighted by molar-refractivity contribution is 0.622. The number of rotatable bonds is 2. The van der Waals surface area contributed by atoms with Gasteiger partial charge in [-0.3, -0.25) is 0 Å². The molecule has 0 fully saturated rings. The number of benzene rings is 1. The van der Waals surface area contributed by atoms with Gasteiger partial charge in [-0.2, -0.15) is 0 Å². The fourth-order valence-corrected chi connectivity index (χ4v) is 3.40. The monoisotopic (exact) mass is 333 g/mol. The number of nitrogens with two attached hydrogens (primary N) is 1. The molecule has 17 heavy (non-hydrogen) atoms. The third-order valence-corrected chi connectivity index (χ3v) is 4.95. The van der Waals surface area contributed by atoms with E-state index in [-0.39, 0.29) is 11.9 Å². The van der Waals surface area contributed by atoms with E-state index in [1.807, 2.05) is 13.0 Å². The van der Waals surface area contributed by atoms with Crippen LogP contribution in [-0.4, -0.2) is 0 Å². The van der Waals surface area contributed by atoms with Crippen LogP contribution in [0.1, 0.15) is 22.0 Å². The molecule has 90 valence electrons. The van der Waals surface area contributed by atoms with E-state index in [9.17, 15) is 4.39 Å². The molecule has 0 spiro atoms. The van der Waals surface area contributed by atoms with E-state index in [4.69, 9.17) is 17.3 Å². The Labute approximate surface area is 117 Å². The van der Waals surface area contributed by atoms with Gasteiger partial charge in [0.25, 0.3) is 0 Å². The quantitative estimate of drug-likeness (QED) is 0.849. The van der Waals surface area contributed by atoms with Crippen molar-refractivity contribution in [2.24, 2.45) is 5.73 Å². The number of thiophene rings is 1. The smallest absolute Gasteiger partial charge is 0.123 e. The maximum absolute atomic E-state index is 13.3. The van der Waals surface area contributed by atoms with Gasteiger partial charge in [-0.1, -0.05) is 17.7 Å². The fraction of sp³-hybridized carbons (Fsp3) is 0.167. The van der Waals surface area contributed by atoms with Crippen LogP contribution in [0.25, 0.3) is 0 Å². The average molecular weight is 335 g/mol. The second-order valence-corrected chi connectivity index (χ2v) is 6.62. The summed E-state index contributed by atoms with van der Waals surface area (Å²) in [6, 6.07) is 6.28. The molecule has 2 rings (SSSR count). The lowest BCUT2D eigenvalue weighted by atomic mass is 10.0. The molecule has 1 aromatic heterocycles. The zero-order valence-electron chi connectivity index (χ0n) is 9.01. The van der Waals surface area contributed by atoms with E-state index in [1.165, 1.54) is 23.5 Å². The van der Waals surface area contributed by atoms with Gasteiger partial charge in [0.05, 0.1) is 14.9 Å². The standard InChI is InChI=1S/C12H10BrClFNS/c1-6-2-7(4-8(15)3-6)11(16)10-5-9(14)12(13)17-10/h2-5,11H,16H2,1H3. The normalized spacial score (nSPS) is 12.8. The summed E-state index contributed by atoms with van der Waals surface area (Å²) in [5.74, 6) is -0.267. The van der Waals surface area contributed by atoms with Crippen LogP contribution in [-0.2, 0) is 0 Å². The van der Waals surface area contributed by atoms with Crippen LogP contribution in [0.3, 0.4) is 0 Å². The molecule has 0 bridgehead atoms. The number of aryl methyl sites for hydroxylation is 1. The first-order valence-corrected chi connectivity index (χ1v) is 6.93. The Balaban J connectivity index is 2.39. The highest BCUT2D eigenvalue weighted by atomic mass is 79.9. The molecule has 0 saturated carbocycles. The second-order valence-electron chi connectivity index (χ2n) is 3.81. The highest BCUT2D eigenvalue weighted by Crippen LogP contribution is 2.36. The summed E-state index contributed by atoms with van der Waals surface area (Å²) in [5, 5.41) is 0.633. The Morgan fingerprint density at radius 1 is 1.35 bits per heavy atom. The van der Waals surface area contributed by atoms with Crippen molar-refractivity contribution in [3.8, 4) is 0 Å². The minimum absolute atomic E-state index is 0.267. The van der Waals surface area contributed by atoms with Gasteiger partial charge in [0, 0.05) is 4.88 Å². The van der Waals surface area contributed by atoms with E-state index < -0.39 is 0 Å². The Bertz CT molecular complexity index is 516. The maximum atomic E-state index is 13.3. The molecule has 2 N–H and O–H groups in total. The van der Waals surface area contributed by atoms with Gasteiger partial charge in [0.1, 0.15) is 5.82 Å². The Hall–Kier alpha value is -0.420. The van der Waals surface area contributed by atoms with Gasteiger partial charge in [-0.15, -0.1) is 11.3 Å². The molecule has 1 unspecified atom stereocenters. The van der Waals surface area contributed by atoms with Crippen molar-refractivity contribution in [2.75, 3.05) is 0 Å². The predicted octanol–water partition coefficient (Wildman–Crippen LogP) is 4.66. The molecule has 0 aliphatic carbocycles. The van der Waals surface area contributed by atoms with E-state index in [2.05, 4.69) is 15.9 Å². The minimum atomic E-state index is -0.349. The first kappa shape index (κ1) is 13.0. The first-order chi connectivity index (χ1) is 7.97. The fourth-order valence-electron chi connectivity index (χ4n) is 1.63. The lowest BCUT2D eigenvalue weighted by Gasteiger charge is -2.10. The van der Waals surface area contributed by atoms with Gasteiger partial charge in [-0.25, -0.2) is 4.39 Å². The van der Waals surface area contributed by atoms with Crippen LogP contribution in [0, 0.1) is 12.7 Å². The SMILES string of the molecule is Cc1cc(F)cc(C(N)c2cc(Cl)c(Br)s2)c1. The van der Waals surface area contributed by atoms with Gasteiger partial charge in [0.15, 0.2) is 0 Å². The van der Waals surface area contributed by atoms with Gasteiger partial charge in [0.2, 0.25) is 0 Å². The summed E-state index contributed by atoms with van der Waals surface area (Å²) in [6.07, 6.45) is 0. The van der Waals surface area contributed by atoms with Crippen LogP contribution in [0.15, 0.2) is 28.1 Å². The molecule has 1 atom stereocenters. The highest BCUT2D eigenvalue weighted by Gasteiger charge is 2.15. The molecule has 1 aromatic carbocycles. The van der Waals surface area contributed by atoms with Crippen LogP contribution in [0.4, 0.5) is 4.39 Å². The van der Waals surface area contributed by atoms with Crippen molar-refractivity contribution in [1.29, 1.82) is 0 Å². The Morgan fingerprint density at radius 2 is 2.06 bits per heavy atom. The van der Waals surface area contributed by atoms with Gasteiger partial charge in [-0.05, 0) is 52.2 Å². The molecule has 2 aromatic rings. The largest absolute Gasteiger partial charge is 0.320 e. The number of halogens is 3. The summed E-state index contributed by atoms with van der Waals surface area (Å²) < 4.78 is 14.1. The molecule has 5 heteroatoms. The van der Waals surface area contributed by atoms with Crippen molar-refractivity contribution in [3.63, 3.8) is 0 Å². The molecule has 0 aliphatic heterocycles. The second kappa shape index (κ2) is 5.06. The van der Waals surface area contributed by atoms with E-state index in [0.29, 0.717) is 5.02 Å². The number of hydrogen-bond acceptors (Lipinski definition) is 2. The molecule has 0 amide bonds. The van der Waals surface area contributed by atoms with Crippen molar-refractivity contribution < 1.29 is 4.39 Å². The van der Waals surface area contributed by atoms with Crippen LogP contribution in [0.2, 0.25) is 5.02 Å². The van der Waals surface area contributed by atoms with Crippen molar-refractivity contribution in [3.05, 3.63) is 54.9 Å². The van der Waals surface area contributed by atoms with Crippen molar-refractivity contribution >= 4 is 38.9 Å².